The average molecular weight is 301 g/mol. The second-order valence-electron chi connectivity index (χ2n) is 3.59. The number of alkyl halides is 3. The van der Waals surface area contributed by atoms with Crippen LogP contribution in [0.25, 0.3) is 11.1 Å². The van der Waals surface area contributed by atoms with Crippen LogP contribution in [0.15, 0.2) is 48.5 Å². The second kappa shape index (κ2) is 4.53. The topological polar surface area (TPSA) is 0 Å². The molecule has 0 heterocycles. The molecule has 88 valence electrons. The normalized spacial score (nSPS) is 11.5. The molecule has 17 heavy (non-hydrogen) atoms. The van der Waals surface area contributed by atoms with Crippen molar-refractivity contribution in [2.24, 2.45) is 0 Å². The first kappa shape index (κ1) is 12.2. The maximum Gasteiger partial charge on any atom is 0.326 e. The first-order valence-corrected chi connectivity index (χ1v) is 5.69. The van der Waals surface area contributed by atoms with E-state index in [9.17, 15) is 13.2 Å². The third-order valence-corrected chi connectivity index (χ3v) is 2.83. The maximum absolute atomic E-state index is 13.0. The van der Waals surface area contributed by atoms with Crippen LogP contribution in [0.3, 0.4) is 0 Å². The van der Waals surface area contributed by atoms with Crippen LogP contribution in [-0.4, -0.2) is 0 Å². The van der Waals surface area contributed by atoms with E-state index < -0.39 is 4.83 Å². The Morgan fingerprint density at radius 3 is 2.06 bits per heavy atom. The highest BCUT2D eigenvalue weighted by atomic mass is 79.9. The van der Waals surface area contributed by atoms with Crippen LogP contribution in [0.1, 0.15) is 5.56 Å². The Balaban J connectivity index is 2.36. The van der Waals surface area contributed by atoms with Gasteiger partial charge in [-0.1, -0.05) is 36.4 Å². The van der Waals surface area contributed by atoms with Crippen molar-refractivity contribution < 1.29 is 13.2 Å². The van der Waals surface area contributed by atoms with Crippen LogP contribution < -0.4 is 0 Å². The third-order valence-electron chi connectivity index (χ3n) is 2.37. The Morgan fingerprint density at radius 2 is 1.53 bits per heavy atom. The molecule has 0 aliphatic rings. The van der Waals surface area contributed by atoms with Crippen LogP contribution in [-0.2, 0) is 4.83 Å². The molecule has 0 amide bonds. The standard InChI is InChI=1S/C13H8BrF3/c14-13(16,17)11-6-4-9(5-7-11)10-2-1-3-12(15)8-10/h1-8H. The van der Waals surface area contributed by atoms with Gasteiger partial charge in [0.15, 0.2) is 0 Å². The predicted octanol–water partition coefficient (Wildman–Crippen LogP) is 4.94. The molecule has 2 rings (SSSR count). The lowest BCUT2D eigenvalue weighted by molar-refractivity contribution is 0.114. The predicted molar refractivity (Wildman–Crippen MR) is 64.7 cm³/mol. The van der Waals surface area contributed by atoms with Crippen LogP contribution in [0.4, 0.5) is 13.2 Å². The number of benzene rings is 2. The summed E-state index contributed by atoms with van der Waals surface area (Å²) in [7, 11) is 0. The van der Waals surface area contributed by atoms with E-state index in [1.165, 1.54) is 24.3 Å². The summed E-state index contributed by atoms with van der Waals surface area (Å²) in [5, 5.41) is 0. The lowest BCUT2D eigenvalue weighted by Gasteiger charge is -2.09. The summed E-state index contributed by atoms with van der Waals surface area (Å²) in [6, 6.07) is 11.7. The van der Waals surface area contributed by atoms with Crippen molar-refractivity contribution in [1.29, 1.82) is 0 Å². The molecule has 0 saturated carbocycles. The maximum atomic E-state index is 13.0. The quantitative estimate of drug-likeness (QED) is 0.689. The molecule has 0 radical (unpaired) electrons. The van der Waals surface area contributed by atoms with Gasteiger partial charge in [0, 0.05) is 5.56 Å². The average Bonchev–Trinajstić information content (AvgIpc) is 2.28. The van der Waals surface area contributed by atoms with E-state index in [0.717, 1.165) is 0 Å². The minimum Gasteiger partial charge on any atom is -0.207 e. The van der Waals surface area contributed by atoms with Crippen molar-refractivity contribution >= 4 is 15.9 Å². The van der Waals surface area contributed by atoms with E-state index in [4.69, 9.17) is 0 Å². The van der Waals surface area contributed by atoms with Gasteiger partial charge in [0.2, 0.25) is 0 Å². The zero-order chi connectivity index (χ0) is 12.5. The highest BCUT2D eigenvalue weighted by molar-refractivity contribution is 9.09. The van der Waals surface area contributed by atoms with Gasteiger partial charge in [0.05, 0.1) is 0 Å². The molecule has 0 bridgehead atoms. The van der Waals surface area contributed by atoms with Gasteiger partial charge in [-0.2, -0.15) is 8.78 Å². The molecule has 0 saturated heterocycles. The van der Waals surface area contributed by atoms with Gasteiger partial charge in [-0.3, -0.25) is 0 Å². The van der Waals surface area contributed by atoms with E-state index in [2.05, 4.69) is 15.9 Å². The van der Waals surface area contributed by atoms with Gasteiger partial charge in [-0.15, -0.1) is 0 Å². The van der Waals surface area contributed by atoms with Crippen molar-refractivity contribution in [1.82, 2.24) is 0 Å². The van der Waals surface area contributed by atoms with Gasteiger partial charge in [0.25, 0.3) is 0 Å². The molecule has 0 nitrogen and oxygen atoms in total. The van der Waals surface area contributed by atoms with Crippen LogP contribution in [0.5, 0.6) is 0 Å². The van der Waals surface area contributed by atoms with Crippen molar-refractivity contribution in [3.05, 3.63) is 59.9 Å². The van der Waals surface area contributed by atoms with Gasteiger partial charge in [-0.05, 0) is 39.2 Å². The molecule has 4 heteroatoms. The molecule has 0 atom stereocenters. The lowest BCUT2D eigenvalue weighted by atomic mass is 10.0. The first-order chi connectivity index (χ1) is 7.97. The Labute approximate surface area is 105 Å². The fourth-order valence-electron chi connectivity index (χ4n) is 1.52. The summed E-state index contributed by atoms with van der Waals surface area (Å²) in [6.45, 7) is 0. The number of hydrogen-bond acceptors (Lipinski definition) is 0. The summed E-state index contributed by atoms with van der Waals surface area (Å²) in [5.41, 5.74) is 1.23. The van der Waals surface area contributed by atoms with E-state index in [0.29, 0.717) is 11.1 Å². The van der Waals surface area contributed by atoms with E-state index in [1.54, 1.807) is 24.3 Å². The number of rotatable bonds is 2. The molecule has 2 aromatic rings. The molecular formula is C13H8BrF3. The van der Waals surface area contributed by atoms with E-state index in [1.807, 2.05) is 0 Å². The lowest BCUT2D eigenvalue weighted by Crippen LogP contribution is -2.01. The van der Waals surface area contributed by atoms with Crippen molar-refractivity contribution in [2.45, 2.75) is 4.83 Å². The largest absolute Gasteiger partial charge is 0.326 e. The monoisotopic (exact) mass is 300 g/mol. The van der Waals surface area contributed by atoms with Gasteiger partial charge in [0.1, 0.15) is 5.82 Å². The molecule has 0 aliphatic heterocycles. The molecule has 0 aromatic heterocycles. The number of hydrogen-bond donors (Lipinski definition) is 0. The molecule has 0 spiro atoms. The third kappa shape index (κ3) is 2.88. The van der Waals surface area contributed by atoms with Crippen LogP contribution in [0, 0.1) is 5.82 Å². The second-order valence-corrected chi connectivity index (χ2v) is 4.58. The van der Waals surface area contributed by atoms with E-state index in [-0.39, 0.29) is 11.4 Å². The molecule has 0 aliphatic carbocycles. The Bertz CT molecular complexity index is 515. The van der Waals surface area contributed by atoms with E-state index >= 15 is 0 Å². The fourth-order valence-corrected chi connectivity index (χ4v) is 1.78. The molecule has 0 N–H and O–H groups in total. The Kier molecular flexibility index (Phi) is 3.24. The van der Waals surface area contributed by atoms with Gasteiger partial charge < -0.3 is 0 Å². The molecule has 0 fully saturated rings. The minimum absolute atomic E-state index is 0.127. The smallest absolute Gasteiger partial charge is 0.207 e. The number of halogens is 4. The minimum atomic E-state index is -3.03. The molecular weight excluding hydrogens is 293 g/mol. The summed E-state index contributed by atoms with van der Waals surface area (Å²) in [6.07, 6.45) is 0. The van der Waals surface area contributed by atoms with Crippen molar-refractivity contribution in [3.8, 4) is 11.1 Å². The van der Waals surface area contributed by atoms with Crippen LogP contribution >= 0.6 is 15.9 Å². The highest BCUT2D eigenvalue weighted by Crippen LogP contribution is 2.35. The highest BCUT2D eigenvalue weighted by Gasteiger charge is 2.26. The SMILES string of the molecule is Fc1cccc(-c2ccc(C(F)(F)Br)cc2)c1. The van der Waals surface area contributed by atoms with Crippen LogP contribution in [0.2, 0.25) is 0 Å². The van der Waals surface area contributed by atoms with Crippen molar-refractivity contribution in [3.63, 3.8) is 0 Å². The first-order valence-electron chi connectivity index (χ1n) is 4.90. The summed E-state index contributed by atoms with van der Waals surface area (Å²) < 4.78 is 38.8. The summed E-state index contributed by atoms with van der Waals surface area (Å²) in [5.74, 6) is -0.350. The fraction of sp³-hybridized carbons (Fsp3) is 0.0769. The Morgan fingerprint density at radius 1 is 0.882 bits per heavy atom. The summed E-state index contributed by atoms with van der Waals surface area (Å²) in [4.78, 5) is -3.03. The molecule has 0 unspecified atom stereocenters. The zero-order valence-corrected chi connectivity index (χ0v) is 10.2. The zero-order valence-electron chi connectivity index (χ0n) is 8.63. The summed E-state index contributed by atoms with van der Waals surface area (Å²) >= 11 is 2.29. The van der Waals surface area contributed by atoms with Gasteiger partial charge in [-0.25, -0.2) is 4.39 Å². The molecule has 2 aromatic carbocycles. The van der Waals surface area contributed by atoms with Gasteiger partial charge >= 0.3 is 4.83 Å². The van der Waals surface area contributed by atoms with Crippen molar-refractivity contribution in [2.75, 3.05) is 0 Å². The Hall–Kier alpha value is -1.29.